The zero-order valence-electron chi connectivity index (χ0n) is 15.1. The third kappa shape index (κ3) is 3.18. The molecule has 2 aliphatic rings. The molecular weight excluding hydrogens is 360 g/mol. The van der Waals surface area contributed by atoms with Gasteiger partial charge in [-0.3, -0.25) is 0 Å². The van der Waals surface area contributed by atoms with E-state index < -0.39 is 0 Å². The van der Waals surface area contributed by atoms with Crippen molar-refractivity contribution in [3.05, 3.63) is 41.5 Å². The maximum absolute atomic E-state index is 5.02. The molecule has 8 nitrogen and oxygen atoms in total. The molecule has 0 aliphatic carbocycles. The van der Waals surface area contributed by atoms with Crippen LogP contribution in [-0.4, -0.2) is 38.6 Å². The molecule has 140 valence electrons. The molecule has 1 atom stereocenters. The smallest absolute Gasteiger partial charge is 0.165 e. The topological polar surface area (TPSA) is 91.2 Å². The summed E-state index contributed by atoms with van der Waals surface area (Å²) in [5.74, 6) is 1.35. The van der Waals surface area contributed by atoms with E-state index in [-0.39, 0.29) is 0 Å². The summed E-state index contributed by atoms with van der Waals surface area (Å²) in [6.45, 7) is 4.82. The van der Waals surface area contributed by atoms with E-state index in [1.807, 2.05) is 23.8 Å². The van der Waals surface area contributed by atoms with Crippen LogP contribution in [0.4, 0.5) is 10.8 Å². The molecule has 2 aliphatic heterocycles. The van der Waals surface area contributed by atoms with Gasteiger partial charge in [0.1, 0.15) is 10.8 Å². The molecule has 1 saturated heterocycles. The van der Waals surface area contributed by atoms with Crippen LogP contribution in [0.1, 0.15) is 35.7 Å². The fourth-order valence-electron chi connectivity index (χ4n) is 3.67. The zero-order valence-corrected chi connectivity index (χ0v) is 15.9. The minimum atomic E-state index is 0.420. The third-order valence-electron chi connectivity index (χ3n) is 5.06. The number of hydrogen-bond acceptors (Lipinski definition) is 8. The Morgan fingerprint density at radius 1 is 1.33 bits per heavy atom. The van der Waals surface area contributed by atoms with Gasteiger partial charge in [-0.1, -0.05) is 0 Å². The molecule has 9 heteroatoms. The van der Waals surface area contributed by atoms with Crippen LogP contribution in [-0.2, 0) is 0 Å². The summed E-state index contributed by atoms with van der Waals surface area (Å²) in [5.41, 5.74) is 11.4. The van der Waals surface area contributed by atoms with E-state index in [4.69, 9.17) is 4.98 Å². The molecular formula is C18H22N8S. The second kappa shape index (κ2) is 6.91. The Bertz CT molecular complexity index is 998. The number of aryl methyl sites for hydroxylation is 1. The van der Waals surface area contributed by atoms with Gasteiger partial charge in [-0.05, 0) is 49.5 Å². The molecule has 0 bridgehead atoms. The number of hydrogen-bond donors (Lipinski definition) is 4. The van der Waals surface area contributed by atoms with Crippen LogP contribution < -0.4 is 21.5 Å². The monoisotopic (exact) mass is 382 g/mol. The standard InChI is InChI=1S/C18H22N8S/c1-11-5-17(27-25-11)24-16-6-15(12-3-2-4-19-7-12)23-18-14(10-22-26(16)18)13-8-20-21-9-13/h5-6,8,10,12,19-21,24H,2-4,7,9H2,1H3. The Balaban J connectivity index is 1.62. The number of rotatable bonds is 4. The van der Waals surface area contributed by atoms with Crippen LogP contribution in [0.15, 0.2) is 24.5 Å². The maximum atomic E-state index is 5.02. The molecule has 5 heterocycles. The van der Waals surface area contributed by atoms with Crippen molar-refractivity contribution in [1.29, 1.82) is 0 Å². The summed E-state index contributed by atoms with van der Waals surface area (Å²) in [4.78, 5) is 5.02. The Hall–Kier alpha value is -2.49. The van der Waals surface area contributed by atoms with Crippen molar-refractivity contribution < 1.29 is 0 Å². The van der Waals surface area contributed by atoms with Gasteiger partial charge in [-0.2, -0.15) is 14.0 Å². The predicted molar refractivity (Wildman–Crippen MR) is 107 cm³/mol. The number of anilines is 2. The van der Waals surface area contributed by atoms with Gasteiger partial charge >= 0.3 is 0 Å². The van der Waals surface area contributed by atoms with Crippen molar-refractivity contribution in [3.63, 3.8) is 0 Å². The first-order valence-corrected chi connectivity index (χ1v) is 10.0. The lowest BCUT2D eigenvalue weighted by Gasteiger charge is -2.23. The molecule has 0 amide bonds. The minimum absolute atomic E-state index is 0.420. The highest BCUT2D eigenvalue weighted by molar-refractivity contribution is 7.10. The molecule has 0 radical (unpaired) electrons. The molecule has 5 rings (SSSR count). The largest absolute Gasteiger partial charge is 0.331 e. The van der Waals surface area contributed by atoms with E-state index in [0.717, 1.165) is 65.0 Å². The summed E-state index contributed by atoms with van der Waals surface area (Å²) in [6, 6.07) is 4.19. The molecule has 3 aromatic heterocycles. The van der Waals surface area contributed by atoms with Crippen LogP contribution in [0.5, 0.6) is 0 Å². The second-order valence-electron chi connectivity index (χ2n) is 7.03. The van der Waals surface area contributed by atoms with Crippen molar-refractivity contribution in [2.75, 3.05) is 25.0 Å². The van der Waals surface area contributed by atoms with Crippen molar-refractivity contribution in [1.82, 2.24) is 35.1 Å². The quantitative estimate of drug-likeness (QED) is 0.550. The van der Waals surface area contributed by atoms with Gasteiger partial charge < -0.3 is 16.1 Å². The molecule has 0 spiro atoms. The zero-order chi connectivity index (χ0) is 18.2. The van der Waals surface area contributed by atoms with Gasteiger partial charge in [0.2, 0.25) is 0 Å². The Labute approximate surface area is 161 Å². The third-order valence-corrected chi connectivity index (χ3v) is 5.86. The summed E-state index contributed by atoms with van der Waals surface area (Å²) < 4.78 is 6.26. The van der Waals surface area contributed by atoms with E-state index in [1.54, 1.807) is 0 Å². The highest BCUT2D eigenvalue weighted by Crippen LogP contribution is 2.30. The molecule has 1 fully saturated rings. The second-order valence-corrected chi connectivity index (χ2v) is 7.83. The Kier molecular flexibility index (Phi) is 4.27. The fourth-order valence-corrected chi connectivity index (χ4v) is 4.34. The van der Waals surface area contributed by atoms with Crippen LogP contribution in [0.3, 0.4) is 0 Å². The van der Waals surface area contributed by atoms with Gasteiger partial charge in [0.25, 0.3) is 0 Å². The molecule has 4 N–H and O–H groups in total. The average molecular weight is 382 g/mol. The van der Waals surface area contributed by atoms with Gasteiger partial charge in [-0.15, -0.1) is 0 Å². The van der Waals surface area contributed by atoms with E-state index >= 15 is 0 Å². The molecule has 0 saturated carbocycles. The summed E-state index contributed by atoms with van der Waals surface area (Å²) in [6.07, 6.45) is 6.21. The van der Waals surface area contributed by atoms with Crippen LogP contribution in [0, 0.1) is 6.92 Å². The Morgan fingerprint density at radius 3 is 3.04 bits per heavy atom. The number of nitrogens with zero attached hydrogens (tertiary/aromatic N) is 4. The lowest BCUT2D eigenvalue weighted by Crippen LogP contribution is -2.29. The summed E-state index contributed by atoms with van der Waals surface area (Å²) >= 11 is 1.46. The maximum Gasteiger partial charge on any atom is 0.165 e. The average Bonchev–Trinajstić information content (AvgIpc) is 3.43. The normalized spacial score (nSPS) is 19.9. The van der Waals surface area contributed by atoms with Crippen LogP contribution in [0.2, 0.25) is 0 Å². The lowest BCUT2D eigenvalue weighted by molar-refractivity contribution is 0.455. The fraction of sp³-hybridized carbons (Fsp3) is 0.389. The number of hydrazine groups is 1. The first-order valence-electron chi connectivity index (χ1n) is 9.25. The number of aromatic nitrogens is 4. The number of nitrogens with one attached hydrogen (secondary N) is 4. The summed E-state index contributed by atoms with van der Waals surface area (Å²) in [7, 11) is 0. The lowest BCUT2D eigenvalue weighted by atomic mass is 9.96. The van der Waals surface area contributed by atoms with Gasteiger partial charge in [0, 0.05) is 36.8 Å². The Morgan fingerprint density at radius 2 is 2.30 bits per heavy atom. The molecule has 1 unspecified atom stereocenters. The minimum Gasteiger partial charge on any atom is -0.331 e. The van der Waals surface area contributed by atoms with Crippen LogP contribution >= 0.6 is 11.5 Å². The van der Waals surface area contributed by atoms with E-state index in [9.17, 15) is 0 Å². The molecule has 0 aromatic carbocycles. The van der Waals surface area contributed by atoms with Gasteiger partial charge in [-0.25, -0.2) is 10.4 Å². The van der Waals surface area contributed by atoms with E-state index in [2.05, 4.69) is 43.1 Å². The number of fused-ring (bicyclic) bond motifs is 1. The first kappa shape index (κ1) is 16.7. The predicted octanol–water partition coefficient (Wildman–Crippen LogP) is 2.15. The highest BCUT2D eigenvalue weighted by Gasteiger charge is 2.22. The van der Waals surface area contributed by atoms with Crippen molar-refractivity contribution in [3.8, 4) is 0 Å². The van der Waals surface area contributed by atoms with E-state index in [0.29, 0.717) is 5.92 Å². The van der Waals surface area contributed by atoms with E-state index in [1.165, 1.54) is 18.0 Å². The van der Waals surface area contributed by atoms with Crippen molar-refractivity contribution >= 4 is 33.6 Å². The highest BCUT2D eigenvalue weighted by atomic mass is 32.1. The number of piperidine rings is 1. The molecule has 3 aromatic rings. The van der Waals surface area contributed by atoms with Crippen molar-refractivity contribution in [2.24, 2.45) is 0 Å². The summed E-state index contributed by atoms with van der Waals surface area (Å²) in [5, 5.41) is 12.6. The van der Waals surface area contributed by atoms with Gasteiger partial charge in [0.05, 0.1) is 17.6 Å². The van der Waals surface area contributed by atoms with Crippen molar-refractivity contribution in [2.45, 2.75) is 25.7 Å². The van der Waals surface area contributed by atoms with Crippen LogP contribution in [0.25, 0.3) is 11.2 Å². The van der Waals surface area contributed by atoms with Gasteiger partial charge in [0.15, 0.2) is 5.65 Å². The first-order chi connectivity index (χ1) is 13.3. The molecule has 27 heavy (non-hydrogen) atoms. The SMILES string of the molecule is Cc1cc(Nc2cc(C3CCCNC3)nc3c(C4=CNNC4)cnn23)sn1.